The minimum atomic E-state index is -0.997. The summed E-state index contributed by atoms with van der Waals surface area (Å²) in [6.45, 7) is 9.43. The number of carboxylic acid groups (broad SMARTS) is 2. The van der Waals surface area contributed by atoms with Gasteiger partial charge in [0.1, 0.15) is 25.0 Å². The minimum Gasteiger partial charge on any atom is -0.508 e. The summed E-state index contributed by atoms with van der Waals surface area (Å²) in [6.07, 6.45) is 19.9. The van der Waals surface area contributed by atoms with Gasteiger partial charge in [0.15, 0.2) is 11.6 Å². The third kappa shape index (κ3) is 45.2. The summed E-state index contributed by atoms with van der Waals surface area (Å²) >= 11 is 0. The van der Waals surface area contributed by atoms with E-state index in [1.807, 2.05) is 7.05 Å². The Morgan fingerprint density at radius 2 is 1.11 bits per heavy atom. The molecule has 436 valence electrons. The van der Waals surface area contributed by atoms with Crippen molar-refractivity contribution in [3.63, 3.8) is 0 Å². The van der Waals surface area contributed by atoms with Crippen molar-refractivity contribution < 1.29 is 67.8 Å². The Hall–Kier alpha value is -5.03. The van der Waals surface area contributed by atoms with E-state index in [0.717, 1.165) is 63.5 Å². The number of hydrogen-bond acceptors (Lipinski definition) is 16. The molecule has 3 amide bonds. The number of likely N-dealkylation sites (N-methyl/N-ethyl adjacent to an activating group) is 2. The zero-order valence-corrected chi connectivity index (χ0v) is 46.2. The van der Waals surface area contributed by atoms with Gasteiger partial charge < -0.3 is 66.6 Å². The molecule has 76 heavy (non-hydrogen) atoms. The van der Waals surface area contributed by atoms with Crippen LogP contribution in [0.25, 0.3) is 0 Å². The molecule has 0 saturated carbocycles. The largest absolute Gasteiger partial charge is 0.508 e. The number of unbranched alkanes of at least 4 members (excludes halogenated alkanes) is 14. The molecule has 0 aliphatic heterocycles. The quantitative estimate of drug-likeness (QED) is 0.0403. The Labute approximate surface area is 452 Å². The van der Waals surface area contributed by atoms with E-state index in [-0.39, 0.29) is 67.8 Å². The first kappa shape index (κ1) is 71.0. The molecule has 0 radical (unpaired) electrons. The summed E-state index contributed by atoms with van der Waals surface area (Å²) in [5.41, 5.74) is 7.00. The van der Waals surface area contributed by atoms with Crippen LogP contribution in [0, 0.1) is 0 Å². The standard InChI is InChI=1S/C31H56N2O8.C24H41N5O6/c1-26(17-15-13-11-9-7-5-3-4-6-8-10-12-14-16-18-30(36)37)33-28(31(38)39)19-20-29(35)32-21-22-40-23-24-41-25-27(2)34;1-26-11-12-34-13-14-35-17-23(32)28-10-4-3-5-20(27-2)22(31)16-29-21(24(25)33)15-18-6-8-19(30)9-7-18/h28,33H,1,3-25H2,2H3,(H,32,35)(H,36,37)(H,38,39);6-9,20-21,26-27,29-30H,3-5,10-17H2,1-2H3,(H2,25,33)(H,28,32)/t28-;20-,21-/m00/s1. The number of Topliss-reactive ketones (excluding diaryl/α,β-unsaturated/α-hetero) is 2. The number of rotatable bonds is 52. The number of amides is 3. The van der Waals surface area contributed by atoms with E-state index in [2.05, 4.69) is 38.5 Å². The maximum atomic E-state index is 12.6. The molecule has 0 aliphatic rings. The van der Waals surface area contributed by atoms with Crippen LogP contribution in [0.1, 0.15) is 147 Å². The fourth-order valence-electron chi connectivity index (χ4n) is 7.64. The number of carbonyl (C=O) groups is 7. The zero-order chi connectivity index (χ0) is 56.4. The predicted octanol–water partition coefficient (Wildman–Crippen LogP) is 4.46. The zero-order valence-electron chi connectivity index (χ0n) is 46.2. The lowest BCUT2D eigenvalue weighted by molar-refractivity contribution is -0.140. The summed E-state index contributed by atoms with van der Waals surface area (Å²) in [5.74, 6) is -2.63. The van der Waals surface area contributed by atoms with E-state index >= 15 is 0 Å². The molecule has 0 bridgehead atoms. The van der Waals surface area contributed by atoms with Crippen LogP contribution in [0.4, 0.5) is 0 Å². The van der Waals surface area contributed by atoms with E-state index in [4.69, 9.17) is 29.8 Å². The average Bonchev–Trinajstić information content (AvgIpc) is 3.38. The van der Waals surface area contributed by atoms with Crippen LogP contribution in [0.2, 0.25) is 0 Å². The topological polar surface area (TPSA) is 315 Å². The summed E-state index contributed by atoms with van der Waals surface area (Å²) in [7, 11) is 3.56. The first-order valence-corrected chi connectivity index (χ1v) is 27.5. The number of carboxylic acids is 2. The van der Waals surface area contributed by atoms with Crippen LogP contribution in [-0.2, 0) is 58.9 Å². The maximum absolute atomic E-state index is 12.6. The Morgan fingerprint density at radius 3 is 1.63 bits per heavy atom. The second-order valence-corrected chi connectivity index (χ2v) is 18.9. The molecule has 0 saturated heterocycles. The van der Waals surface area contributed by atoms with Gasteiger partial charge in [-0.25, -0.2) is 4.79 Å². The highest BCUT2D eigenvalue weighted by molar-refractivity contribution is 5.87. The number of aromatic hydroxyl groups is 1. The fourth-order valence-corrected chi connectivity index (χ4v) is 7.64. The number of ketones is 2. The Bertz CT molecular complexity index is 1720. The van der Waals surface area contributed by atoms with Crippen LogP contribution in [0.15, 0.2) is 36.5 Å². The fraction of sp³-hybridized carbons (Fsp3) is 0.727. The molecule has 11 N–H and O–H groups in total. The molecular weight excluding hydrogens is 983 g/mol. The van der Waals surface area contributed by atoms with E-state index in [1.165, 1.54) is 76.8 Å². The number of allylic oxidation sites excluding steroid dienone is 1. The number of nitrogens with one attached hydrogen (secondary N) is 6. The number of aliphatic carboxylic acids is 2. The molecule has 21 heteroatoms. The van der Waals surface area contributed by atoms with Gasteiger partial charge in [0.05, 0.1) is 58.3 Å². The second kappa shape index (κ2) is 49.5. The maximum Gasteiger partial charge on any atom is 0.326 e. The Kier molecular flexibility index (Phi) is 46.3. The lowest BCUT2D eigenvalue weighted by Crippen LogP contribution is -2.48. The first-order chi connectivity index (χ1) is 36.6. The van der Waals surface area contributed by atoms with Gasteiger partial charge in [-0.1, -0.05) is 95.8 Å². The molecule has 0 aromatic heterocycles. The van der Waals surface area contributed by atoms with Crippen LogP contribution in [-0.4, -0.2) is 168 Å². The SMILES string of the molecule is C=C(CCCCCCCCCCCCCCCCC(=O)O)N[C@@H](CCC(=O)NCCOCCOCC(C)=O)C(=O)O.CNCCOCCOCC(=O)NCCCC[C@H](NC)C(=O)CN[C@@H](Cc1ccc(O)cc1)C(N)=O. The molecule has 0 spiro atoms. The molecule has 21 nitrogen and oxygen atoms in total. The Balaban J connectivity index is 0.00000150. The van der Waals surface area contributed by atoms with Gasteiger partial charge in [0.25, 0.3) is 0 Å². The third-order valence-corrected chi connectivity index (χ3v) is 12.0. The molecule has 0 fully saturated rings. The van der Waals surface area contributed by atoms with Crippen LogP contribution >= 0.6 is 0 Å². The number of hydrogen-bond donors (Lipinski definition) is 10. The summed E-state index contributed by atoms with van der Waals surface area (Å²) < 4.78 is 21.0. The highest BCUT2D eigenvalue weighted by atomic mass is 16.5. The summed E-state index contributed by atoms with van der Waals surface area (Å²) in [6, 6.07) is 4.57. The lowest BCUT2D eigenvalue weighted by atomic mass is 10.0. The van der Waals surface area contributed by atoms with Crippen LogP contribution in [0.3, 0.4) is 0 Å². The summed E-state index contributed by atoms with van der Waals surface area (Å²) in [4.78, 5) is 81.0. The van der Waals surface area contributed by atoms with Crippen molar-refractivity contribution in [1.82, 2.24) is 31.9 Å². The predicted molar refractivity (Wildman–Crippen MR) is 293 cm³/mol. The van der Waals surface area contributed by atoms with Crippen molar-refractivity contribution in [1.29, 1.82) is 0 Å². The number of ether oxygens (including phenoxy) is 4. The van der Waals surface area contributed by atoms with Crippen molar-refractivity contribution in [2.75, 3.05) is 93.1 Å². The number of primary amides is 1. The van der Waals surface area contributed by atoms with E-state index in [9.17, 15) is 43.8 Å². The van der Waals surface area contributed by atoms with Crippen molar-refractivity contribution in [3.8, 4) is 5.75 Å². The first-order valence-electron chi connectivity index (χ1n) is 27.5. The number of benzene rings is 1. The lowest BCUT2D eigenvalue weighted by Gasteiger charge is -2.19. The van der Waals surface area contributed by atoms with Gasteiger partial charge in [0, 0.05) is 38.2 Å². The van der Waals surface area contributed by atoms with Gasteiger partial charge in [-0.3, -0.25) is 34.1 Å². The number of carbonyl (C=O) groups excluding carboxylic acids is 5. The average molecular weight is 1080 g/mol. The second-order valence-electron chi connectivity index (χ2n) is 18.9. The van der Waals surface area contributed by atoms with Crippen molar-refractivity contribution in [3.05, 3.63) is 42.1 Å². The van der Waals surface area contributed by atoms with Gasteiger partial charge in [-0.05, 0) is 90.1 Å². The smallest absolute Gasteiger partial charge is 0.326 e. The van der Waals surface area contributed by atoms with Gasteiger partial charge in [-0.15, -0.1) is 0 Å². The number of phenolic OH excluding ortho intramolecular Hbond substituents is 1. The van der Waals surface area contributed by atoms with E-state index in [1.54, 1.807) is 19.2 Å². The van der Waals surface area contributed by atoms with Crippen molar-refractivity contribution in [2.24, 2.45) is 5.73 Å². The van der Waals surface area contributed by atoms with Crippen molar-refractivity contribution >= 4 is 41.2 Å². The summed E-state index contributed by atoms with van der Waals surface area (Å²) in [5, 5.41) is 44.9. The van der Waals surface area contributed by atoms with Gasteiger partial charge >= 0.3 is 11.9 Å². The van der Waals surface area contributed by atoms with Crippen LogP contribution < -0.4 is 37.6 Å². The molecule has 3 atom stereocenters. The van der Waals surface area contributed by atoms with Crippen molar-refractivity contribution in [2.45, 2.75) is 166 Å². The number of nitrogens with two attached hydrogens (primary N) is 1. The van der Waals surface area contributed by atoms with Crippen LogP contribution in [0.5, 0.6) is 5.75 Å². The molecule has 1 rings (SSSR count). The molecule has 1 aromatic rings. The molecule has 1 aromatic carbocycles. The molecule has 0 heterocycles. The Morgan fingerprint density at radius 1 is 0.579 bits per heavy atom. The third-order valence-electron chi connectivity index (χ3n) is 12.0. The van der Waals surface area contributed by atoms with E-state index in [0.29, 0.717) is 77.7 Å². The number of phenols is 1. The highest BCUT2D eigenvalue weighted by Gasteiger charge is 2.21. The molecular formula is C55H97N7O14. The molecule has 0 aliphatic carbocycles. The van der Waals surface area contributed by atoms with E-state index < -0.39 is 29.9 Å². The molecule has 0 unspecified atom stereocenters. The van der Waals surface area contributed by atoms with Gasteiger partial charge in [-0.2, -0.15) is 0 Å². The monoisotopic (exact) mass is 1080 g/mol. The minimum absolute atomic E-state index is 0.00391. The normalized spacial score (nSPS) is 12.1. The van der Waals surface area contributed by atoms with Gasteiger partial charge in [0.2, 0.25) is 17.7 Å². The highest BCUT2D eigenvalue weighted by Crippen LogP contribution is 2.16.